The molecule has 0 radical (unpaired) electrons. The molecule has 0 saturated heterocycles. The van der Waals surface area contributed by atoms with Crippen molar-refractivity contribution < 1.29 is 18.8 Å². The molecule has 2 N–H and O–H groups in total. The molecule has 2 heterocycles. The van der Waals surface area contributed by atoms with Crippen LogP contribution < -0.4 is 5.32 Å². The fraction of sp³-hybridized carbons (Fsp3) is 0. The van der Waals surface area contributed by atoms with Crippen molar-refractivity contribution in [3.8, 4) is 5.75 Å². The third kappa shape index (κ3) is 4.03. The van der Waals surface area contributed by atoms with Gasteiger partial charge in [0, 0.05) is 17.1 Å². The molecule has 2 aromatic heterocycles. The molecule has 0 aliphatic rings. The zero-order valence-electron chi connectivity index (χ0n) is 14.7. The first-order valence-electron chi connectivity index (χ1n) is 8.43. The summed E-state index contributed by atoms with van der Waals surface area (Å²) < 4.78 is 18.8. The van der Waals surface area contributed by atoms with E-state index in [9.17, 15) is 19.6 Å². The summed E-state index contributed by atoms with van der Waals surface area (Å²) in [6, 6.07) is 13.2. The number of phenolic OH excluding ortho intramolecular Hbond substituents is 1. The molecule has 0 aliphatic carbocycles. The standard InChI is InChI=1S/C20H13FN4O4/c21-12-1-8-16-17(11-12)23-18(9-6-15-7-10-19(29-15)25(27)28)24-20(16)22-13-2-4-14(26)5-3-13/h1-11,26H,(H,22,23,24). The number of halogens is 1. The second-order valence-electron chi connectivity index (χ2n) is 6.03. The van der Waals surface area contributed by atoms with Crippen LogP contribution in [0.25, 0.3) is 23.1 Å². The predicted octanol–water partition coefficient (Wildman–Crippen LogP) is 4.89. The Hall–Kier alpha value is -4.27. The minimum atomic E-state index is -0.633. The Kier molecular flexibility index (Phi) is 4.62. The Labute approximate surface area is 163 Å². The zero-order chi connectivity index (χ0) is 20.4. The molecule has 0 bridgehead atoms. The lowest BCUT2D eigenvalue weighted by molar-refractivity contribution is -0.402. The van der Waals surface area contributed by atoms with Crippen molar-refractivity contribution in [3.63, 3.8) is 0 Å². The number of phenols is 1. The van der Waals surface area contributed by atoms with E-state index >= 15 is 0 Å². The van der Waals surface area contributed by atoms with Gasteiger partial charge in [-0.2, -0.15) is 0 Å². The summed E-state index contributed by atoms with van der Waals surface area (Å²) in [4.78, 5) is 18.8. The van der Waals surface area contributed by atoms with E-state index in [2.05, 4.69) is 15.3 Å². The number of rotatable bonds is 5. The molecule has 0 saturated carbocycles. The molecular formula is C20H13FN4O4. The third-order valence-corrected chi connectivity index (χ3v) is 4.00. The lowest BCUT2D eigenvalue weighted by Gasteiger charge is -2.10. The number of aromatic nitrogens is 2. The van der Waals surface area contributed by atoms with Crippen LogP contribution in [0.15, 0.2) is 59.0 Å². The SMILES string of the molecule is O=[N+]([O-])c1ccc(C=Cc2nc(Nc3ccc(O)cc3)c3ccc(F)cc3n2)o1. The molecular weight excluding hydrogens is 379 g/mol. The van der Waals surface area contributed by atoms with Crippen molar-refractivity contribution >= 4 is 40.4 Å². The summed E-state index contributed by atoms with van der Waals surface area (Å²) in [7, 11) is 0. The first kappa shape index (κ1) is 18.1. The highest BCUT2D eigenvalue weighted by molar-refractivity contribution is 5.91. The summed E-state index contributed by atoms with van der Waals surface area (Å²) in [6.07, 6.45) is 2.99. The van der Waals surface area contributed by atoms with Crippen molar-refractivity contribution in [2.45, 2.75) is 0 Å². The number of hydrogen-bond donors (Lipinski definition) is 2. The Balaban J connectivity index is 1.72. The van der Waals surface area contributed by atoms with E-state index in [4.69, 9.17) is 4.42 Å². The maximum atomic E-state index is 13.7. The monoisotopic (exact) mass is 392 g/mol. The molecule has 144 valence electrons. The van der Waals surface area contributed by atoms with Gasteiger partial charge in [0.05, 0.1) is 11.6 Å². The van der Waals surface area contributed by atoms with Gasteiger partial charge in [0.25, 0.3) is 0 Å². The van der Waals surface area contributed by atoms with Gasteiger partial charge in [-0.1, -0.05) is 0 Å². The highest BCUT2D eigenvalue weighted by Crippen LogP contribution is 2.26. The van der Waals surface area contributed by atoms with Crippen LogP contribution in [0.1, 0.15) is 11.6 Å². The molecule has 9 heteroatoms. The minimum absolute atomic E-state index is 0.126. The van der Waals surface area contributed by atoms with E-state index in [1.54, 1.807) is 18.2 Å². The second-order valence-corrected chi connectivity index (χ2v) is 6.03. The lowest BCUT2D eigenvalue weighted by atomic mass is 10.2. The minimum Gasteiger partial charge on any atom is -0.508 e. The summed E-state index contributed by atoms with van der Waals surface area (Å²) in [5, 5.41) is 23.9. The number of aromatic hydroxyl groups is 1. The molecule has 0 aliphatic heterocycles. The number of benzene rings is 2. The van der Waals surface area contributed by atoms with Crippen LogP contribution >= 0.6 is 0 Å². The fourth-order valence-corrected chi connectivity index (χ4v) is 2.66. The average molecular weight is 392 g/mol. The fourth-order valence-electron chi connectivity index (χ4n) is 2.66. The smallest absolute Gasteiger partial charge is 0.433 e. The summed E-state index contributed by atoms with van der Waals surface area (Å²) in [5.41, 5.74) is 1.05. The largest absolute Gasteiger partial charge is 0.508 e. The molecule has 0 amide bonds. The summed E-state index contributed by atoms with van der Waals surface area (Å²) in [5.74, 6) is 0.257. The molecule has 29 heavy (non-hydrogen) atoms. The predicted molar refractivity (Wildman–Crippen MR) is 105 cm³/mol. The van der Waals surface area contributed by atoms with E-state index in [0.29, 0.717) is 22.4 Å². The van der Waals surface area contributed by atoms with Gasteiger partial charge in [-0.05, 0) is 54.6 Å². The van der Waals surface area contributed by atoms with Gasteiger partial charge in [-0.25, -0.2) is 14.4 Å². The van der Waals surface area contributed by atoms with Gasteiger partial charge in [0.15, 0.2) is 5.82 Å². The van der Waals surface area contributed by atoms with Crippen LogP contribution in [0.3, 0.4) is 0 Å². The van der Waals surface area contributed by atoms with E-state index < -0.39 is 10.7 Å². The highest BCUT2D eigenvalue weighted by atomic mass is 19.1. The van der Waals surface area contributed by atoms with Gasteiger partial charge in [0.2, 0.25) is 0 Å². The highest BCUT2D eigenvalue weighted by Gasteiger charge is 2.11. The number of nitrogens with zero attached hydrogens (tertiary/aromatic N) is 3. The maximum Gasteiger partial charge on any atom is 0.433 e. The third-order valence-electron chi connectivity index (χ3n) is 4.00. The number of fused-ring (bicyclic) bond motifs is 1. The number of nitro groups is 1. The van der Waals surface area contributed by atoms with Gasteiger partial charge in [-0.3, -0.25) is 10.1 Å². The topological polar surface area (TPSA) is 114 Å². The van der Waals surface area contributed by atoms with Gasteiger partial charge < -0.3 is 14.8 Å². The van der Waals surface area contributed by atoms with Gasteiger partial charge in [0.1, 0.15) is 28.1 Å². The van der Waals surface area contributed by atoms with Crippen molar-refractivity contribution in [2.24, 2.45) is 0 Å². The molecule has 0 spiro atoms. The molecule has 0 unspecified atom stereocenters. The molecule has 4 rings (SSSR count). The Morgan fingerprint density at radius 1 is 1.07 bits per heavy atom. The van der Waals surface area contributed by atoms with E-state index in [0.717, 1.165) is 0 Å². The van der Waals surface area contributed by atoms with Crippen LogP contribution in [0.4, 0.5) is 21.8 Å². The normalized spacial score (nSPS) is 11.2. The van der Waals surface area contributed by atoms with Crippen LogP contribution in [-0.2, 0) is 0 Å². The number of hydrogen-bond acceptors (Lipinski definition) is 7. The maximum absolute atomic E-state index is 13.7. The quantitative estimate of drug-likeness (QED) is 0.282. The van der Waals surface area contributed by atoms with Crippen molar-refractivity contribution in [3.05, 3.63) is 82.1 Å². The summed E-state index contributed by atoms with van der Waals surface area (Å²) in [6.45, 7) is 0. The number of furan rings is 1. The molecule has 2 aromatic carbocycles. The van der Waals surface area contributed by atoms with Crippen molar-refractivity contribution in [1.82, 2.24) is 9.97 Å². The molecule has 4 aromatic rings. The second kappa shape index (κ2) is 7.39. The Bertz CT molecular complexity index is 1240. The molecule has 0 atom stereocenters. The molecule has 0 fully saturated rings. The molecule has 8 nitrogen and oxygen atoms in total. The lowest BCUT2D eigenvalue weighted by Crippen LogP contribution is -1.99. The van der Waals surface area contributed by atoms with Gasteiger partial charge >= 0.3 is 5.88 Å². The first-order valence-corrected chi connectivity index (χ1v) is 8.43. The first-order chi connectivity index (χ1) is 14.0. The van der Waals surface area contributed by atoms with Crippen molar-refractivity contribution in [2.75, 3.05) is 5.32 Å². The van der Waals surface area contributed by atoms with Crippen LogP contribution in [0.5, 0.6) is 5.75 Å². The van der Waals surface area contributed by atoms with E-state index in [1.165, 1.54) is 48.6 Å². The summed E-state index contributed by atoms with van der Waals surface area (Å²) >= 11 is 0. The van der Waals surface area contributed by atoms with Gasteiger partial charge in [-0.15, -0.1) is 0 Å². The van der Waals surface area contributed by atoms with E-state index in [-0.39, 0.29) is 23.2 Å². The number of anilines is 2. The van der Waals surface area contributed by atoms with Crippen LogP contribution in [0.2, 0.25) is 0 Å². The van der Waals surface area contributed by atoms with Crippen LogP contribution in [0, 0.1) is 15.9 Å². The zero-order valence-corrected chi connectivity index (χ0v) is 14.7. The van der Waals surface area contributed by atoms with Crippen molar-refractivity contribution in [1.29, 1.82) is 0 Å². The Morgan fingerprint density at radius 3 is 2.59 bits per heavy atom. The average Bonchev–Trinajstić information content (AvgIpc) is 3.17. The number of nitrogens with one attached hydrogen (secondary N) is 1. The Morgan fingerprint density at radius 2 is 1.86 bits per heavy atom. The van der Waals surface area contributed by atoms with E-state index in [1.807, 2.05) is 0 Å². The van der Waals surface area contributed by atoms with Crippen LogP contribution in [-0.4, -0.2) is 20.0 Å².